The molecule has 2 aliphatic rings. The van der Waals surface area contributed by atoms with Gasteiger partial charge in [-0.15, -0.1) is 0 Å². The van der Waals surface area contributed by atoms with Crippen LogP contribution < -0.4 is 10.6 Å². The van der Waals surface area contributed by atoms with Gasteiger partial charge in [0.15, 0.2) is 0 Å². The van der Waals surface area contributed by atoms with E-state index in [1.165, 1.54) is 0 Å². The Bertz CT molecular complexity index is 237. The van der Waals surface area contributed by atoms with Crippen LogP contribution in [0.25, 0.3) is 0 Å². The third-order valence-corrected chi connectivity index (χ3v) is 2.76. The van der Waals surface area contributed by atoms with Gasteiger partial charge in [-0.05, 0) is 31.8 Å². The molecule has 3 N–H and O–H groups in total. The minimum Gasteiger partial charge on any atom is -0.481 e. The molecule has 0 aliphatic carbocycles. The normalized spacial score (nSPS) is 29.3. The number of hydrogen-bond acceptors (Lipinski definition) is 3. The Labute approximate surface area is 89.2 Å². The van der Waals surface area contributed by atoms with Crippen molar-refractivity contribution >= 4 is 11.9 Å². The van der Waals surface area contributed by atoms with Gasteiger partial charge < -0.3 is 15.7 Å². The fourth-order valence-corrected chi connectivity index (χ4v) is 2.08. The van der Waals surface area contributed by atoms with Crippen molar-refractivity contribution in [3.8, 4) is 0 Å². The van der Waals surface area contributed by atoms with Crippen molar-refractivity contribution in [3.05, 3.63) is 0 Å². The summed E-state index contributed by atoms with van der Waals surface area (Å²) in [5.74, 6) is 0.366. The molecule has 2 aliphatic heterocycles. The second-order valence-corrected chi connectivity index (χ2v) is 3.96. The van der Waals surface area contributed by atoms with Gasteiger partial charge in [-0.2, -0.15) is 0 Å². The van der Waals surface area contributed by atoms with Gasteiger partial charge in [0, 0.05) is 19.4 Å². The average Bonchev–Trinajstić information content (AvgIpc) is 2.18. The molecule has 2 rings (SSSR count). The maximum atomic E-state index is 11.3. The number of nitrogens with one attached hydrogen (secondary N) is 2. The molecule has 0 bridgehead atoms. The number of carboxylic acid groups (broad SMARTS) is 1. The molecule has 1 amide bonds. The molecule has 2 unspecified atom stereocenters. The summed E-state index contributed by atoms with van der Waals surface area (Å²) in [5.41, 5.74) is 0. The first kappa shape index (κ1) is 12.0. The van der Waals surface area contributed by atoms with E-state index in [-0.39, 0.29) is 5.91 Å². The summed E-state index contributed by atoms with van der Waals surface area (Å²) in [6.45, 7) is 4.01. The maximum absolute atomic E-state index is 11.3. The molecule has 0 radical (unpaired) electrons. The number of carbonyl (C=O) groups excluding carboxylic acids is 1. The van der Waals surface area contributed by atoms with Crippen LogP contribution in [-0.2, 0) is 9.59 Å². The lowest BCUT2D eigenvalue weighted by Crippen LogP contribution is -2.49. The first-order valence-corrected chi connectivity index (χ1v) is 5.29. The Morgan fingerprint density at radius 2 is 2.07 bits per heavy atom. The van der Waals surface area contributed by atoms with E-state index in [0.29, 0.717) is 11.8 Å². The number of carboxylic acids is 1. The number of rotatable bonds is 0. The van der Waals surface area contributed by atoms with Crippen molar-refractivity contribution in [1.82, 2.24) is 10.6 Å². The molecular formula is C10H18N2O3. The van der Waals surface area contributed by atoms with Crippen LogP contribution in [0, 0.1) is 11.8 Å². The molecule has 0 saturated carbocycles. The van der Waals surface area contributed by atoms with Gasteiger partial charge in [0.05, 0.1) is 0 Å². The first-order chi connectivity index (χ1) is 7.11. The molecule has 2 saturated heterocycles. The second-order valence-electron chi connectivity index (χ2n) is 3.96. The van der Waals surface area contributed by atoms with Gasteiger partial charge in [-0.3, -0.25) is 9.59 Å². The Hall–Kier alpha value is -1.10. The predicted molar refractivity (Wildman–Crippen MR) is 55.4 cm³/mol. The summed E-state index contributed by atoms with van der Waals surface area (Å²) < 4.78 is 0. The Balaban J connectivity index is 0.000000245. The average molecular weight is 214 g/mol. The van der Waals surface area contributed by atoms with E-state index in [0.717, 1.165) is 39.4 Å². The largest absolute Gasteiger partial charge is 0.481 e. The standard InChI is InChI=1S/C8H14N2O.C2H4O2/c11-8-7-2-3-9-5-6(7)1-4-10-8;1-2(3)4/h6-7,9H,1-5H2,(H,10,11);1H3,(H,3,4). The smallest absolute Gasteiger partial charge is 0.300 e. The molecule has 2 fully saturated rings. The van der Waals surface area contributed by atoms with Crippen molar-refractivity contribution in [2.75, 3.05) is 19.6 Å². The van der Waals surface area contributed by atoms with Crippen molar-refractivity contribution in [1.29, 1.82) is 0 Å². The van der Waals surface area contributed by atoms with Crippen LogP contribution in [0.2, 0.25) is 0 Å². The van der Waals surface area contributed by atoms with Gasteiger partial charge in [-0.1, -0.05) is 0 Å². The molecule has 0 aromatic heterocycles. The van der Waals surface area contributed by atoms with Crippen LogP contribution in [0.15, 0.2) is 0 Å². The number of piperidine rings is 2. The van der Waals surface area contributed by atoms with Gasteiger partial charge in [-0.25, -0.2) is 0 Å². The number of carbonyl (C=O) groups is 2. The molecule has 0 aromatic carbocycles. The lowest BCUT2D eigenvalue weighted by molar-refractivity contribution is -0.134. The predicted octanol–water partition coefficient (Wildman–Crippen LogP) is -0.177. The highest BCUT2D eigenvalue weighted by Crippen LogP contribution is 2.24. The molecule has 5 heteroatoms. The van der Waals surface area contributed by atoms with Crippen LogP contribution in [0.5, 0.6) is 0 Å². The van der Waals surface area contributed by atoms with Crippen molar-refractivity contribution in [2.45, 2.75) is 19.8 Å². The van der Waals surface area contributed by atoms with E-state index in [1.54, 1.807) is 0 Å². The summed E-state index contributed by atoms with van der Waals surface area (Å²) in [6.07, 6.45) is 2.18. The van der Waals surface area contributed by atoms with Crippen LogP contribution in [0.3, 0.4) is 0 Å². The summed E-state index contributed by atoms with van der Waals surface area (Å²) in [6, 6.07) is 0. The van der Waals surface area contributed by atoms with E-state index in [4.69, 9.17) is 9.90 Å². The van der Waals surface area contributed by atoms with Crippen molar-refractivity contribution in [3.63, 3.8) is 0 Å². The zero-order chi connectivity index (χ0) is 11.3. The zero-order valence-corrected chi connectivity index (χ0v) is 8.95. The highest BCUT2D eigenvalue weighted by molar-refractivity contribution is 5.79. The van der Waals surface area contributed by atoms with Crippen molar-refractivity contribution in [2.24, 2.45) is 11.8 Å². The minimum absolute atomic E-state index is 0.280. The van der Waals surface area contributed by atoms with Crippen LogP contribution in [0.1, 0.15) is 19.8 Å². The minimum atomic E-state index is -0.833. The summed E-state index contributed by atoms with van der Waals surface area (Å²) >= 11 is 0. The number of hydrogen-bond donors (Lipinski definition) is 3. The summed E-state index contributed by atoms with van der Waals surface area (Å²) in [4.78, 5) is 20.3. The maximum Gasteiger partial charge on any atom is 0.300 e. The third-order valence-electron chi connectivity index (χ3n) is 2.76. The molecular weight excluding hydrogens is 196 g/mol. The topological polar surface area (TPSA) is 78.4 Å². The highest BCUT2D eigenvalue weighted by Gasteiger charge is 2.33. The molecule has 15 heavy (non-hydrogen) atoms. The third kappa shape index (κ3) is 3.87. The number of fused-ring (bicyclic) bond motifs is 1. The second kappa shape index (κ2) is 5.70. The Kier molecular flexibility index (Phi) is 4.55. The zero-order valence-electron chi connectivity index (χ0n) is 8.95. The Morgan fingerprint density at radius 3 is 2.67 bits per heavy atom. The van der Waals surface area contributed by atoms with E-state index in [2.05, 4.69) is 10.6 Å². The SMILES string of the molecule is CC(=O)O.O=C1NCCC2CNCCC12. The first-order valence-electron chi connectivity index (χ1n) is 5.29. The van der Waals surface area contributed by atoms with Gasteiger partial charge in [0.25, 0.3) is 5.97 Å². The van der Waals surface area contributed by atoms with E-state index in [1.807, 2.05) is 0 Å². The molecule has 5 nitrogen and oxygen atoms in total. The quantitative estimate of drug-likeness (QED) is 0.523. The van der Waals surface area contributed by atoms with Gasteiger partial charge in [0.2, 0.25) is 5.91 Å². The lowest BCUT2D eigenvalue weighted by Gasteiger charge is -2.34. The molecule has 2 heterocycles. The van der Waals surface area contributed by atoms with Crippen LogP contribution >= 0.6 is 0 Å². The lowest BCUT2D eigenvalue weighted by atomic mass is 9.81. The Morgan fingerprint density at radius 1 is 1.40 bits per heavy atom. The highest BCUT2D eigenvalue weighted by atomic mass is 16.4. The summed E-state index contributed by atoms with van der Waals surface area (Å²) in [7, 11) is 0. The molecule has 0 aromatic rings. The number of aliphatic carboxylic acids is 1. The summed E-state index contributed by atoms with van der Waals surface area (Å²) in [5, 5.41) is 13.7. The van der Waals surface area contributed by atoms with Gasteiger partial charge in [0.1, 0.15) is 0 Å². The molecule has 2 atom stereocenters. The van der Waals surface area contributed by atoms with E-state index in [9.17, 15) is 4.79 Å². The van der Waals surface area contributed by atoms with Crippen molar-refractivity contribution < 1.29 is 14.7 Å². The van der Waals surface area contributed by atoms with E-state index < -0.39 is 5.97 Å². The van der Waals surface area contributed by atoms with Crippen LogP contribution in [0.4, 0.5) is 0 Å². The molecule has 86 valence electrons. The monoisotopic (exact) mass is 214 g/mol. The van der Waals surface area contributed by atoms with Gasteiger partial charge >= 0.3 is 0 Å². The number of amides is 1. The fourth-order valence-electron chi connectivity index (χ4n) is 2.08. The van der Waals surface area contributed by atoms with E-state index >= 15 is 0 Å². The molecule has 0 spiro atoms. The fraction of sp³-hybridized carbons (Fsp3) is 0.800. The van der Waals surface area contributed by atoms with Crippen LogP contribution in [-0.4, -0.2) is 36.6 Å².